The molecule has 1 aliphatic heterocycles. The summed E-state index contributed by atoms with van der Waals surface area (Å²) in [5.74, 6) is -4.34. The molecule has 1 saturated heterocycles. The quantitative estimate of drug-likeness (QED) is 0.136. The molecule has 2 heterocycles. The van der Waals surface area contributed by atoms with Crippen LogP contribution in [0.25, 0.3) is 10.9 Å². The van der Waals surface area contributed by atoms with E-state index in [4.69, 9.17) is 25.8 Å². The van der Waals surface area contributed by atoms with Gasteiger partial charge in [0, 0.05) is 49.0 Å². The molecule has 10 heteroatoms. The number of nitrogens with zero attached hydrogens (tertiary/aromatic N) is 1. The van der Waals surface area contributed by atoms with Gasteiger partial charge >= 0.3 is 11.9 Å². The molecule has 0 bridgehead atoms. The van der Waals surface area contributed by atoms with Crippen LogP contribution in [0.1, 0.15) is 36.5 Å². The number of cyclic esters (lactones) is 2. The number of nitro benzene ring substituents is 1. The third-order valence-corrected chi connectivity index (χ3v) is 6.64. The van der Waals surface area contributed by atoms with Gasteiger partial charge in [-0.05, 0) is 47.0 Å². The fourth-order valence-corrected chi connectivity index (χ4v) is 4.85. The summed E-state index contributed by atoms with van der Waals surface area (Å²) in [7, 11) is 0. The average Bonchev–Trinajstić information content (AvgIpc) is 3.29. The van der Waals surface area contributed by atoms with Gasteiger partial charge in [-0.2, -0.15) is 0 Å². The van der Waals surface area contributed by atoms with Gasteiger partial charge in [-0.3, -0.25) is 19.7 Å². The highest BCUT2D eigenvalue weighted by molar-refractivity contribution is 6.32. The third-order valence-electron chi connectivity index (χ3n) is 6.35. The summed E-state index contributed by atoms with van der Waals surface area (Å²) in [6, 6.07) is 18.6. The first kappa shape index (κ1) is 25.3. The summed E-state index contributed by atoms with van der Waals surface area (Å²) in [6.07, 6.45) is 1.77. The minimum absolute atomic E-state index is 0.0115. The van der Waals surface area contributed by atoms with E-state index in [1.165, 1.54) is 26.0 Å². The number of nitro groups is 1. The molecule has 4 aromatic rings. The molecule has 0 amide bonds. The lowest BCUT2D eigenvalue weighted by Crippen LogP contribution is -2.48. The summed E-state index contributed by atoms with van der Waals surface area (Å²) in [5, 5.41) is 12.0. The Morgan fingerprint density at radius 2 is 1.74 bits per heavy atom. The Balaban J connectivity index is 1.48. The largest absolute Gasteiger partial charge is 0.487 e. The highest BCUT2D eigenvalue weighted by atomic mass is 35.5. The van der Waals surface area contributed by atoms with Crippen molar-refractivity contribution in [3.05, 3.63) is 105 Å². The molecule has 0 aliphatic carbocycles. The van der Waals surface area contributed by atoms with Crippen molar-refractivity contribution in [3.63, 3.8) is 0 Å². The number of esters is 2. The SMILES string of the molecule is CC1(C)OC(=O)C([C@@H](c2ccc(OCc3ccc([N+](=O)[O-])cc3)c(Cl)c2)c2c[nH]c3ccccc23)C(=O)O1. The molecule has 1 aliphatic rings. The van der Waals surface area contributed by atoms with Gasteiger partial charge in [-0.25, -0.2) is 0 Å². The van der Waals surface area contributed by atoms with Crippen molar-refractivity contribution in [3.8, 4) is 5.75 Å². The van der Waals surface area contributed by atoms with Crippen molar-refractivity contribution in [1.82, 2.24) is 4.98 Å². The maximum absolute atomic E-state index is 13.1. The first-order chi connectivity index (χ1) is 18.1. The molecule has 0 radical (unpaired) electrons. The van der Waals surface area contributed by atoms with Crippen LogP contribution in [-0.2, 0) is 25.7 Å². The number of benzene rings is 3. The van der Waals surface area contributed by atoms with E-state index in [1.807, 2.05) is 24.3 Å². The van der Waals surface area contributed by atoms with Crippen LogP contribution in [0, 0.1) is 16.0 Å². The summed E-state index contributed by atoms with van der Waals surface area (Å²) < 4.78 is 16.7. The van der Waals surface area contributed by atoms with E-state index in [0.717, 1.165) is 22.0 Å². The standard InChI is InChI=1S/C28H23ClN2O7/c1-28(2)37-26(32)25(27(33)38-28)24(20-14-30-22-6-4-3-5-19(20)22)17-9-12-23(21(29)13-17)36-15-16-7-10-18(11-8-16)31(34)35/h3-14,24-25,30H,15H2,1-2H3/t24-/m0/s1. The van der Waals surface area contributed by atoms with E-state index in [2.05, 4.69) is 4.98 Å². The molecule has 1 fully saturated rings. The number of nitrogens with one attached hydrogen (secondary N) is 1. The predicted molar refractivity (Wildman–Crippen MR) is 139 cm³/mol. The molecule has 38 heavy (non-hydrogen) atoms. The number of aromatic nitrogens is 1. The van der Waals surface area contributed by atoms with Crippen LogP contribution in [0.15, 0.2) is 72.9 Å². The topological polar surface area (TPSA) is 121 Å². The van der Waals surface area contributed by atoms with Gasteiger partial charge in [-0.1, -0.05) is 35.9 Å². The minimum Gasteiger partial charge on any atom is -0.487 e. The number of non-ortho nitro benzene ring substituents is 1. The molecular weight excluding hydrogens is 512 g/mol. The maximum atomic E-state index is 13.1. The minimum atomic E-state index is -1.36. The Morgan fingerprint density at radius 1 is 1.05 bits per heavy atom. The molecule has 0 spiro atoms. The predicted octanol–water partition coefficient (Wildman–Crippen LogP) is 5.89. The number of hydrogen-bond acceptors (Lipinski definition) is 7. The van der Waals surface area contributed by atoms with E-state index in [-0.39, 0.29) is 17.3 Å². The number of aromatic amines is 1. The van der Waals surface area contributed by atoms with Gasteiger partial charge in [0.05, 0.1) is 9.95 Å². The lowest BCUT2D eigenvalue weighted by atomic mass is 9.80. The molecule has 1 atom stereocenters. The van der Waals surface area contributed by atoms with Crippen molar-refractivity contribution < 1.29 is 28.7 Å². The Labute approximate surface area is 222 Å². The zero-order valence-corrected chi connectivity index (χ0v) is 21.2. The average molecular weight is 535 g/mol. The molecule has 3 aromatic carbocycles. The first-order valence-electron chi connectivity index (χ1n) is 11.8. The Hall–Kier alpha value is -4.37. The lowest BCUT2D eigenvalue weighted by molar-refractivity contribution is -0.384. The summed E-state index contributed by atoms with van der Waals surface area (Å²) in [4.78, 5) is 39.8. The summed E-state index contributed by atoms with van der Waals surface area (Å²) >= 11 is 6.59. The fourth-order valence-electron chi connectivity index (χ4n) is 4.61. The van der Waals surface area contributed by atoms with Crippen LogP contribution in [0.4, 0.5) is 5.69 Å². The van der Waals surface area contributed by atoms with E-state index in [1.54, 1.807) is 36.5 Å². The number of halogens is 1. The molecule has 9 nitrogen and oxygen atoms in total. The molecule has 5 rings (SSSR count). The number of H-pyrrole nitrogens is 1. The van der Waals surface area contributed by atoms with Crippen LogP contribution in [-0.4, -0.2) is 27.6 Å². The van der Waals surface area contributed by atoms with Crippen LogP contribution >= 0.6 is 11.6 Å². The third kappa shape index (κ3) is 4.92. The number of carbonyl (C=O) groups excluding carboxylic acids is 2. The summed E-state index contributed by atoms with van der Waals surface area (Å²) in [6.45, 7) is 3.15. The number of hydrogen-bond donors (Lipinski definition) is 1. The molecule has 1 N–H and O–H groups in total. The zero-order chi connectivity index (χ0) is 27.0. The zero-order valence-electron chi connectivity index (χ0n) is 20.5. The van der Waals surface area contributed by atoms with Crippen molar-refractivity contribution >= 4 is 40.1 Å². The highest BCUT2D eigenvalue weighted by Crippen LogP contribution is 2.42. The number of ether oxygens (including phenoxy) is 3. The second-order valence-electron chi connectivity index (χ2n) is 9.39. The number of rotatable bonds is 7. The van der Waals surface area contributed by atoms with Gasteiger partial charge in [0.2, 0.25) is 0 Å². The monoisotopic (exact) mass is 534 g/mol. The molecule has 0 saturated carbocycles. The number of fused-ring (bicyclic) bond motifs is 1. The Morgan fingerprint density at radius 3 is 2.39 bits per heavy atom. The number of carbonyl (C=O) groups is 2. The van der Waals surface area contributed by atoms with Crippen LogP contribution in [0.2, 0.25) is 5.02 Å². The molecular formula is C28H23ClN2O7. The number of para-hydroxylation sites is 1. The van der Waals surface area contributed by atoms with Gasteiger partial charge < -0.3 is 19.2 Å². The van der Waals surface area contributed by atoms with E-state index in [0.29, 0.717) is 11.3 Å². The second-order valence-corrected chi connectivity index (χ2v) is 9.80. The van der Waals surface area contributed by atoms with Crippen molar-refractivity contribution in [2.45, 2.75) is 32.2 Å². The van der Waals surface area contributed by atoms with Crippen molar-refractivity contribution in [1.29, 1.82) is 0 Å². The van der Waals surface area contributed by atoms with Gasteiger partial charge in [0.15, 0.2) is 5.92 Å². The van der Waals surface area contributed by atoms with E-state index < -0.39 is 34.5 Å². The Bertz CT molecular complexity index is 1520. The highest BCUT2D eigenvalue weighted by Gasteiger charge is 2.48. The molecule has 0 unspecified atom stereocenters. The summed E-state index contributed by atoms with van der Waals surface area (Å²) in [5.41, 5.74) is 2.88. The van der Waals surface area contributed by atoms with E-state index >= 15 is 0 Å². The van der Waals surface area contributed by atoms with Crippen LogP contribution in [0.5, 0.6) is 5.75 Å². The fraction of sp³-hybridized carbons (Fsp3) is 0.214. The maximum Gasteiger partial charge on any atom is 0.324 e. The van der Waals surface area contributed by atoms with Gasteiger partial charge in [0.25, 0.3) is 11.5 Å². The molecule has 1 aromatic heterocycles. The normalized spacial score (nSPS) is 16.1. The molecule has 194 valence electrons. The second kappa shape index (κ2) is 9.83. The van der Waals surface area contributed by atoms with Gasteiger partial charge in [-0.15, -0.1) is 0 Å². The van der Waals surface area contributed by atoms with Gasteiger partial charge in [0.1, 0.15) is 12.4 Å². The van der Waals surface area contributed by atoms with Crippen LogP contribution in [0.3, 0.4) is 0 Å². The van der Waals surface area contributed by atoms with Crippen LogP contribution < -0.4 is 4.74 Å². The van der Waals surface area contributed by atoms with E-state index in [9.17, 15) is 19.7 Å². The lowest BCUT2D eigenvalue weighted by Gasteiger charge is -2.36. The first-order valence-corrected chi connectivity index (χ1v) is 12.2. The van der Waals surface area contributed by atoms with Crippen molar-refractivity contribution in [2.24, 2.45) is 5.92 Å². The van der Waals surface area contributed by atoms with Crippen molar-refractivity contribution in [2.75, 3.05) is 0 Å². The Kier molecular flexibility index (Phi) is 6.54. The smallest absolute Gasteiger partial charge is 0.324 e.